The van der Waals surface area contributed by atoms with Crippen molar-refractivity contribution in [1.82, 2.24) is 0 Å². The van der Waals surface area contributed by atoms with Crippen LogP contribution in [0.2, 0.25) is 0 Å². The first kappa shape index (κ1) is 13.7. The number of sulfone groups is 1. The molecule has 0 saturated carbocycles. The molecule has 1 rings (SSSR count). The Morgan fingerprint density at radius 1 is 1.29 bits per heavy atom. The highest BCUT2D eigenvalue weighted by atomic mass is 32.2. The standard InChI is InChI=1S/C11H14O5S/c1-17(14,15)10-4-2-9(3-5-10)6-7-16-8-11(12)13/h2-5H,6-8H2,1H3,(H,12,13). The number of hydrogen-bond donors (Lipinski definition) is 1. The van der Waals surface area contributed by atoms with Crippen molar-refractivity contribution in [3.05, 3.63) is 29.8 Å². The fourth-order valence-electron chi connectivity index (χ4n) is 1.25. The van der Waals surface area contributed by atoms with Crippen molar-refractivity contribution in [3.8, 4) is 0 Å². The number of carbonyl (C=O) groups is 1. The van der Waals surface area contributed by atoms with Crippen LogP contribution in [0.5, 0.6) is 0 Å². The van der Waals surface area contributed by atoms with Gasteiger partial charge in [0, 0.05) is 6.26 Å². The summed E-state index contributed by atoms with van der Waals surface area (Å²) in [6.07, 6.45) is 1.70. The van der Waals surface area contributed by atoms with Crippen LogP contribution in [0.3, 0.4) is 0 Å². The quantitative estimate of drug-likeness (QED) is 0.761. The number of benzene rings is 1. The molecule has 1 N–H and O–H groups in total. The molecule has 0 radical (unpaired) electrons. The highest BCUT2D eigenvalue weighted by Gasteiger charge is 2.06. The molecule has 0 spiro atoms. The molecule has 0 aromatic heterocycles. The van der Waals surface area contributed by atoms with E-state index < -0.39 is 15.8 Å². The minimum Gasteiger partial charge on any atom is -0.480 e. The van der Waals surface area contributed by atoms with Crippen molar-refractivity contribution in [3.63, 3.8) is 0 Å². The van der Waals surface area contributed by atoms with Gasteiger partial charge >= 0.3 is 5.97 Å². The first-order chi connectivity index (χ1) is 7.89. The number of carboxylic acid groups (broad SMARTS) is 1. The predicted molar refractivity (Wildman–Crippen MR) is 61.7 cm³/mol. The summed E-state index contributed by atoms with van der Waals surface area (Å²) >= 11 is 0. The van der Waals surface area contributed by atoms with Gasteiger partial charge < -0.3 is 9.84 Å². The topological polar surface area (TPSA) is 80.7 Å². The van der Waals surface area contributed by atoms with Gasteiger partial charge in [0.1, 0.15) is 6.61 Å². The molecule has 0 unspecified atom stereocenters. The smallest absolute Gasteiger partial charge is 0.329 e. The summed E-state index contributed by atoms with van der Waals surface area (Å²) in [6.45, 7) is -0.0219. The van der Waals surface area contributed by atoms with E-state index in [0.29, 0.717) is 13.0 Å². The molecule has 5 nitrogen and oxygen atoms in total. The molecule has 0 heterocycles. The lowest BCUT2D eigenvalue weighted by molar-refractivity contribution is -0.142. The van der Waals surface area contributed by atoms with E-state index in [1.165, 1.54) is 12.1 Å². The minimum atomic E-state index is -3.16. The second-order valence-electron chi connectivity index (χ2n) is 3.61. The second-order valence-corrected chi connectivity index (χ2v) is 5.63. The molecule has 0 bridgehead atoms. The lowest BCUT2D eigenvalue weighted by Crippen LogP contribution is -2.09. The average Bonchev–Trinajstić information content (AvgIpc) is 2.23. The third kappa shape index (κ3) is 4.97. The summed E-state index contributed by atoms with van der Waals surface area (Å²) in [4.78, 5) is 10.4. The molecule has 0 fully saturated rings. The van der Waals surface area contributed by atoms with Crippen molar-refractivity contribution in [2.45, 2.75) is 11.3 Å². The van der Waals surface area contributed by atoms with Crippen molar-refractivity contribution in [1.29, 1.82) is 0 Å². The molecule has 0 aliphatic heterocycles. The van der Waals surface area contributed by atoms with Gasteiger partial charge in [-0.25, -0.2) is 13.2 Å². The van der Waals surface area contributed by atoms with Crippen molar-refractivity contribution in [2.24, 2.45) is 0 Å². The summed E-state index contributed by atoms with van der Waals surface area (Å²) in [7, 11) is -3.16. The molecule has 0 aliphatic rings. The van der Waals surface area contributed by atoms with Crippen LogP contribution < -0.4 is 0 Å². The molecular formula is C11H14O5S. The van der Waals surface area contributed by atoms with Crippen LogP contribution in [0.4, 0.5) is 0 Å². The first-order valence-electron chi connectivity index (χ1n) is 4.98. The van der Waals surface area contributed by atoms with Crippen LogP contribution in [0.1, 0.15) is 5.56 Å². The molecule has 17 heavy (non-hydrogen) atoms. The zero-order valence-corrected chi connectivity index (χ0v) is 10.2. The number of hydrogen-bond acceptors (Lipinski definition) is 4. The van der Waals surface area contributed by atoms with Gasteiger partial charge in [0.05, 0.1) is 11.5 Å². The van der Waals surface area contributed by atoms with Crippen LogP contribution in [0, 0.1) is 0 Å². The first-order valence-corrected chi connectivity index (χ1v) is 6.87. The number of ether oxygens (including phenoxy) is 1. The summed E-state index contributed by atoms with van der Waals surface area (Å²) in [5.41, 5.74) is 0.905. The van der Waals surface area contributed by atoms with Crippen molar-refractivity contribution >= 4 is 15.8 Å². The third-order valence-electron chi connectivity index (χ3n) is 2.11. The Labute approximate surface area is 100.0 Å². The van der Waals surface area contributed by atoms with E-state index in [9.17, 15) is 13.2 Å². The Bertz CT molecular complexity index is 475. The van der Waals surface area contributed by atoms with Crippen LogP contribution in [0.15, 0.2) is 29.2 Å². The average molecular weight is 258 g/mol. The summed E-state index contributed by atoms with van der Waals surface area (Å²) < 4.78 is 27.3. The van der Waals surface area contributed by atoms with E-state index in [4.69, 9.17) is 9.84 Å². The van der Waals surface area contributed by atoms with Gasteiger partial charge in [-0.3, -0.25) is 0 Å². The van der Waals surface area contributed by atoms with Gasteiger partial charge in [-0.1, -0.05) is 12.1 Å². The van der Waals surface area contributed by atoms with Crippen molar-refractivity contribution in [2.75, 3.05) is 19.5 Å². The van der Waals surface area contributed by atoms with E-state index in [1.54, 1.807) is 12.1 Å². The monoisotopic (exact) mass is 258 g/mol. The Hall–Kier alpha value is -1.40. The van der Waals surface area contributed by atoms with E-state index in [0.717, 1.165) is 11.8 Å². The lowest BCUT2D eigenvalue weighted by Gasteiger charge is -2.03. The molecule has 0 amide bonds. The van der Waals surface area contributed by atoms with Crippen LogP contribution in [0.25, 0.3) is 0 Å². The lowest BCUT2D eigenvalue weighted by atomic mass is 10.2. The highest BCUT2D eigenvalue weighted by molar-refractivity contribution is 7.90. The van der Waals surface area contributed by atoms with E-state index in [-0.39, 0.29) is 11.5 Å². The fourth-order valence-corrected chi connectivity index (χ4v) is 1.88. The number of rotatable bonds is 6. The van der Waals surface area contributed by atoms with Crippen molar-refractivity contribution < 1.29 is 23.1 Å². The number of aliphatic carboxylic acids is 1. The molecule has 1 aromatic rings. The number of carboxylic acids is 1. The van der Waals surface area contributed by atoms with E-state index in [2.05, 4.69) is 0 Å². The normalized spacial score (nSPS) is 11.4. The van der Waals surface area contributed by atoms with E-state index in [1.807, 2.05) is 0 Å². The zero-order chi connectivity index (χ0) is 12.9. The minimum absolute atomic E-state index is 0.271. The Balaban J connectivity index is 2.49. The fraction of sp³-hybridized carbons (Fsp3) is 0.364. The van der Waals surface area contributed by atoms with Crippen LogP contribution in [-0.4, -0.2) is 39.0 Å². The molecular weight excluding hydrogens is 244 g/mol. The molecule has 0 atom stereocenters. The SMILES string of the molecule is CS(=O)(=O)c1ccc(CCOCC(=O)O)cc1. The van der Waals surface area contributed by atoms with E-state index >= 15 is 0 Å². The van der Waals surface area contributed by atoms with Gasteiger partial charge in [0.25, 0.3) is 0 Å². The van der Waals surface area contributed by atoms with Gasteiger partial charge in [0.2, 0.25) is 0 Å². The largest absolute Gasteiger partial charge is 0.480 e. The second kappa shape index (κ2) is 5.79. The summed E-state index contributed by atoms with van der Waals surface area (Å²) in [5, 5.41) is 8.34. The molecule has 94 valence electrons. The Morgan fingerprint density at radius 2 is 1.88 bits per heavy atom. The summed E-state index contributed by atoms with van der Waals surface area (Å²) in [6, 6.07) is 6.45. The molecule has 0 saturated heterocycles. The Kier molecular flexibility index (Phi) is 4.65. The third-order valence-corrected chi connectivity index (χ3v) is 3.24. The Morgan fingerprint density at radius 3 is 2.35 bits per heavy atom. The van der Waals surface area contributed by atoms with Gasteiger partial charge in [-0.2, -0.15) is 0 Å². The molecule has 0 aliphatic carbocycles. The predicted octanol–water partition coefficient (Wildman–Crippen LogP) is 0.734. The molecule has 6 heteroatoms. The highest BCUT2D eigenvalue weighted by Crippen LogP contribution is 2.10. The van der Waals surface area contributed by atoms with Gasteiger partial charge in [-0.05, 0) is 24.1 Å². The van der Waals surface area contributed by atoms with Gasteiger partial charge in [0.15, 0.2) is 9.84 Å². The zero-order valence-electron chi connectivity index (χ0n) is 9.42. The maximum atomic E-state index is 11.2. The maximum Gasteiger partial charge on any atom is 0.329 e. The maximum absolute atomic E-state index is 11.2. The van der Waals surface area contributed by atoms with Crippen LogP contribution >= 0.6 is 0 Å². The summed E-state index contributed by atoms with van der Waals surface area (Å²) in [5.74, 6) is -1.00. The molecule has 1 aromatic carbocycles. The van der Waals surface area contributed by atoms with Crippen LogP contribution in [-0.2, 0) is 25.8 Å². The van der Waals surface area contributed by atoms with Gasteiger partial charge in [-0.15, -0.1) is 0 Å².